The molecule has 0 N–H and O–H groups in total. The molecule has 29 heavy (non-hydrogen) atoms. The van der Waals surface area contributed by atoms with Crippen LogP contribution < -0.4 is 4.74 Å². The first kappa shape index (κ1) is 23.4. The zero-order valence-corrected chi connectivity index (χ0v) is 19.0. The number of benzene rings is 1. The number of nitrogens with zero attached hydrogens (tertiary/aromatic N) is 2. The quantitative estimate of drug-likeness (QED) is 0.310. The molecule has 0 amide bonds. The summed E-state index contributed by atoms with van der Waals surface area (Å²) >= 11 is 0. The highest BCUT2D eigenvalue weighted by atomic mass is 16.5. The Kier molecular flexibility index (Phi) is 10.8. The fraction of sp³-hybridized carbons (Fsp3) is 0.615. The van der Waals surface area contributed by atoms with Gasteiger partial charge in [-0.05, 0) is 67.3 Å². The second-order valence-electron chi connectivity index (χ2n) is 8.56. The van der Waals surface area contributed by atoms with Crippen molar-refractivity contribution in [1.29, 1.82) is 0 Å². The maximum atomic E-state index is 5.86. The zero-order valence-electron chi connectivity index (χ0n) is 19.0. The third-order valence-corrected chi connectivity index (χ3v) is 5.98. The highest BCUT2D eigenvalue weighted by molar-refractivity contribution is 5.55. The highest BCUT2D eigenvalue weighted by Gasteiger charge is 2.04. The van der Waals surface area contributed by atoms with Crippen LogP contribution >= 0.6 is 0 Å². The standard InChI is InChI=1S/C26H40N2O/c1-5-21(3)11-8-7-9-13-23-19-27-26(28-20-23)24-14-16-25(17-15-24)29-18-10-12-22(4)6-2/h14-17,19-22H,5-13,18H2,1-4H3. The molecule has 0 aliphatic rings. The topological polar surface area (TPSA) is 35.0 Å². The lowest BCUT2D eigenvalue weighted by Crippen LogP contribution is -2.01. The smallest absolute Gasteiger partial charge is 0.159 e. The average Bonchev–Trinajstić information content (AvgIpc) is 2.77. The largest absolute Gasteiger partial charge is 0.494 e. The van der Waals surface area contributed by atoms with Crippen molar-refractivity contribution in [3.63, 3.8) is 0 Å². The molecule has 3 heteroatoms. The monoisotopic (exact) mass is 396 g/mol. The lowest BCUT2D eigenvalue weighted by molar-refractivity contribution is 0.294. The third-order valence-electron chi connectivity index (χ3n) is 5.98. The molecule has 2 unspecified atom stereocenters. The van der Waals surface area contributed by atoms with Crippen molar-refractivity contribution in [2.24, 2.45) is 11.8 Å². The first-order valence-electron chi connectivity index (χ1n) is 11.7. The van der Waals surface area contributed by atoms with Crippen LogP contribution in [-0.2, 0) is 6.42 Å². The molecular weight excluding hydrogens is 356 g/mol. The molecule has 0 aliphatic heterocycles. The molecule has 1 heterocycles. The summed E-state index contributed by atoms with van der Waals surface area (Å²) in [5.41, 5.74) is 2.27. The third kappa shape index (κ3) is 8.97. The predicted octanol–water partition coefficient (Wildman–Crippen LogP) is 7.50. The Hall–Kier alpha value is -1.90. The van der Waals surface area contributed by atoms with Crippen LogP contribution in [0.4, 0.5) is 0 Å². The van der Waals surface area contributed by atoms with Gasteiger partial charge in [-0.1, -0.05) is 59.8 Å². The van der Waals surface area contributed by atoms with E-state index >= 15 is 0 Å². The molecule has 0 fully saturated rings. The molecular formula is C26H40N2O. The number of unbranched alkanes of at least 4 members (excludes halogenated alkanes) is 2. The van der Waals surface area contributed by atoms with E-state index in [9.17, 15) is 0 Å². The van der Waals surface area contributed by atoms with Crippen LogP contribution in [-0.4, -0.2) is 16.6 Å². The van der Waals surface area contributed by atoms with Gasteiger partial charge in [0.2, 0.25) is 0 Å². The second-order valence-corrected chi connectivity index (χ2v) is 8.56. The van der Waals surface area contributed by atoms with E-state index in [1.54, 1.807) is 0 Å². The molecule has 2 aromatic rings. The molecule has 0 radical (unpaired) electrons. The fourth-order valence-electron chi connectivity index (χ4n) is 3.36. The van der Waals surface area contributed by atoms with Crippen LogP contribution in [0, 0.1) is 11.8 Å². The van der Waals surface area contributed by atoms with Gasteiger partial charge in [-0.15, -0.1) is 0 Å². The lowest BCUT2D eigenvalue weighted by atomic mass is 10.00. The highest BCUT2D eigenvalue weighted by Crippen LogP contribution is 2.20. The number of rotatable bonds is 14. The lowest BCUT2D eigenvalue weighted by Gasteiger charge is -2.10. The van der Waals surface area contributed by atoms with Crippen molar-refractivity contribution in [2.45, 2.75) is 85.5 Å². The molecule has 0 spiro atoms. The molecule has 2 rings (SSSR count). The molecule has 1 aromatic heterocycles. The van der Waals surface area contributed by atoms with E-state index in [0.717, 1.165) is 48.4 Å². The minimum atomic E-state index is 0.783. The Morgan fingerprint density at radius 2 is 1.41 bits per heavy atom. The van der Waals surface area contributed by atoms with Gasteiger partial charge in [-0.25, -0.2) is 9.97 Å². The maximum Gasteiger partial charge on any atom is 0.159 e. The van der Waals surface area contributed by atoms with Gasteiger partial charge in [-0.2, -0.15) is 0 Å². The van der Waals surface area contributed by atoms with E-state index in [1.807, 2.05) is 36.7 Å². The average molecular weight is 397 g/mol. The van der Waals surface area contributed by atoms with Gasteiger partial charge >= 0.3 is 0 Å². The maximum absolute atomic E-state index is 5.86. The van der Waals surface area contributed by atoms with E-state index in [0.29, 0.717) is 0 Å². The zero-order chi connectivity index (χ0) is 20.9. The number of hydrogen-bond acceptors (Lipinski definition) is 3. The molecule has 0 saturated heterocycles. The molecule has 0 saturated carbocycles. The summed E-state index contributed by atoms with van der Waals surface area (Å²) in [6.07, 6.45) is 15.1. The number of ether oxygens (including phenoxy) is 1. The van der Waals surface area contributed by atoms with Crippen LogP contribution in [0.5, 0.6) is 5.75 Å². The summed E-state index contributed by atoms with van der Waals surface area (Å²) in [6.45, 7) is 9.95. The summed E-state index contributed by atoms with van der Waals surface area (Å²) in [5, 5.41) is 0. The second kappa shape index (κ2) is 13.3. The summed E-state index contributed by atoms with van der Waals surface area (Å²) < 4.78 is 5.86. The summed E-state index contributed by atoms with van der Waals surface area (Å²) in [6, 6.07) is 8.14. The van der Waals surface area contributed by atoms with E-state index in [1.165, 1.54) is 50.5 Å². The summed E-state index contributed by atoms with van der Waals surface area (Å²) in [7, 11) is 0. The van der Waals surface area contributed by atoms with Crippen LogP contribution in [0.2, 0.25) is 0 Å². The number of aromatic nitrogens is 2. The molecule has 3 nitrogen and oxygen atoms in total. The van der Waals surface area contributed by atoms with Crippen molar-refractivity contribution in [3.05, 3.63) is 42.2 Å². The normalized spacial score (nSPS) is 13.2. The molecule has 0 bridgehead atoms. The minimum absolute atomic E-state index is 0.783. The van der Waals surface area contributed by atoms with Gasteiger partial charge in [-0.3, -0.25) is 0 Å². The van der Waals surface area contributed by atoms with E-state index < -0.39 is 0 Å². The molecule has 0 aliphatic carbocycles. The van der Waals surface area contributed by atoms with Gasteiger partial charge < -0.3 is 4.74 Å². The van der Waals surface area contributed by atoms with E-state index in [2.05, 4.69) is 37.7 Å². The predicted molar refractivity (Wildman–Crippen MR) is 123 cm³/mol. The van der Waals surface area contributed by atoms with Crippen molar-refractivity contribution in [2.75, 3.05) is 6.61 Å². The van der Waals surface area contributed by atoms with Crippen LogP contribution in [0.15, 0.2) is 36.7 Å². The van der Waals surface area contributed by atoms with E-state index in [4.69, 9.17) is 4.74 Å². The molecule has 2 atom stereocenters. The SMILES string of the molecule is CCC(C)CCCCCc1cnc(-c2ccc(OCCCC(C)CC)cc2)nc1. The number of hydrogen-bond donors (Lipinski definition) is 0. The minimum Gasteiger partial charge on any atom is -0.494 e. The Morgan fingerprint density at radius 3 is 2.03 bits per heavy atom. The Morgan fingerprint density at radius 1 is 0.793 bits per heavy atom. The van der Waals surface area contributed by atoms with Crippen LogP contribution in [0.25, 0.3) is 11.4 Å². The van der Waals surface area contributed by atoms with Crippen LogP contribution in [0.1, 0.15) is 84.6 Å². The van der Waals surface area contributed by atoms with Gasteiger partial charge in [0, 0.05) is 18.0 Å². The summed E-state index contributed by atoms with van der Waals surface area (Å²) in [4.78, 5) is 9.14. The van der Waals surface area contributed by atoms with Crippen molar-refractivity contribution in [1.82, 2.24) is 9.97 Å². The van der Waals surface area contributed by atoms with Crippen molar-refractivity contribution in [3.8, 4) is 17.1 Å². The van der Waals surface area contributed by atoms with E-state index in [-0.39, 0.29) is 0 Å². The summed E-state index contributed by atoms with van der Waals surface area (Å²) in [5.74, 6) is 3.35. The van der Waals surface area contributed by atoms with Crippen LogP contribution in [0.3, 0.4) is 0 Å². The van der Waals surface area contributed by atoms with Gasteiger partial charge in [0.15, 0.2) is 5.82 Å². The Balaban J connectivity index is 1.73. The van der Waals surface area contributed by atoms with Gasteiger partial charge in [0.1, 0.15) is 5.75 Å². The Bertz CT molecular complexity index is 666. The van der Waals surface area contributed by atoms with Gasteiger partial charge in [0.25, 0.3) is 0 Å². The first-order chi connectivity index (χ1) is 14.1. The van der Waals surface area contributed by atoms with Crippen molar-refractivity contribution >= 4 is 0 Å². The Labute approximate surface area is 178 Å². The van der Waals surface area contributed by atoms with Gasteiger partial charge in [0.05, 0.1) is 6.61 Å². The first-order valence-corrected chi connectivity index (χ1v) is 11.7. The molecule has 1 aromatic carbocycles. The number of aryl methyl sites for hydroxylation is 1. The fourth-order valence-corrected chi connectivity index (χ4v) is 3.36. The molecule has 160 valence electrons. The van der Waals surface area contributed by atoms with Crippen molar-refractivity contribution < 1.29 is 4.74 Å².